The quantitative estimate of drug-likeness (QED) is 0.467. The molecule has 0 heterocycles. The maximum atomic E-state index is 13.3. The molecule has 1 unspecified atom stereocenters. The Morgan fingerprint density at radius 3 is 1.96 bits per heavy atom. The molecule has 0 amide bonds. The molecule has 0 fully saturated rings. The summed E-state index contributed by atoms with van der Waals surface area (Å²) in [4.78, 5) is 13.3. The largest absolute Gasteiger partial charge is 0.497 e. The Bertz CT molecular complexity index is 694. The minimum atomic E-state index is -1.60. The zero-order valence-electron chi connectivity index (χ0n) is 15.4. The molecule has 0 N–H and O–H groups in total. The Labute approximate surface area is 154 Å². The van der Waals surface area contributed by atoms with Gasteiger partial charge in [0.25, 0.3) is 0 Å². The van der Waals surface area contributed by atoms with Crippen molar-refractivity contribution < 1.29 is 28.3 Å². The second kappa shape index (κ2) is 10.1. The number of carbonyl (C=O) groups excluding carboxylic acids is 1. The van der Waals surface area contributed by atoms with Gasteiger partial charge in [-0.05, 0) is 36.4 Å². The van der Waals surface area contributed by atoms with Gasteiger partial charge in [0, 0.05) is 12.4 Å². The van der Waals surface area contributed by atoms with E-state index in [-0.39, 0.29) is 5.52 Å². The summed E-state index contributed by atoms with van der Waals surface area (Å²) >= 11 is 0. The lowest BCUT2D eigenvalue weighted by Gasteiger charge is -2.19. The molecule has 2 aromatic carbocycles. The maximum Gasteiger partial charge on any atom is 0.223 e. The van der Waals surface area contributed by atoms with Crippen LogP contribution >= 0.6 is 8.15 Å². The van der Waals surface area contributed by atoms with Crippen LogP contribution in [-0.4, -0.2) is 47.2 Å². The highest BCUT2D eigenvalue weighted by atomic mass is 31.1. The topological polar surface area (TPSA) is 63.2 Å². The summed E-state index contributed by atoms with van der Waals surface area (Å²) in [6.07, 6.45) is 0. The van der Waals surface area contributed by atoms with Crippen LogP contribution in [0.5, 0.6) is 17.2 Å². The highest BCUT2D eigenvalue weighted by molar-refractivity contribution is 7.78. The molecule has 7 heteroatoms. The standard InChI is InChI=1S/C19H23O6P/c1-21-12-13-25-26(15-10-8-14(22-2)9-11-15)19(20)18-16(23-3)6-5-7-17(18)24-4/h5-11H,12-13H2,1-4H3. The SMILES string of the molecule is COCCOP(C(=O)c1c(OC)cccc1OC)c1ccc(OC)cc1. The molecule has 0 spiro atoms. The van der Waals surface area contributed by atoms with Crippen molar-refractivity contribution in [3.8, 4) is 17.2 Å². The van der Waals surface area contributed by atoms with Gasteiger partial charge in [-0.2, -0.15) is 0 Å². The van der Waals surface area contributed by atoms with Crippen LogP contribution in [0.3, 0.4) is 0 Å². The van der Waals surface area contributed by atoms with Crippen molar-refractivity contribution in [1.82, 2.24) is 0 Å². The summed E-state index contributed by atoms with van der Waals surface area (Å²) in [6.45, 7) is 0.697. The van der Waals surface area contributed by atoms with Crippen LogP contribution in [0, 0.1) is 0 Å². The van der Waals surface area contributed by atoms with Crippen molar-refractivity contribution in [2.24, 2.45) is 0 Å². The average Bonchev–Trinajstić information content (AvgIpc) is 2.70. The first-order valence-electron chi connectivity index (χ1n) is 7.97. The maximum absolute atomic E-state index is 13.3. The van der Waals surface area contributed by atoms with Gasteiger partial charge in [0.15, 0.2) is 0 Å². The number of ether oxygens (including phenoxy) is 4. The van der Waals surface area contributed by atoms with Crippen LogP contribution in [0.25, 0.3) is 0 Å². The second-order valence-corrected chi connectivity index (χ2v) is 6.93. The van der Waals surface area contributed by atoms with Crippen LogP contribution < -0.4 is 19.5 Å². The molecule has 140 valence electrons. The lowest BCUT2D eigenvalue weighted by Crippen LogP contribution is -2.15. The zero-order chi connectivity index (χ0) is 18.9. The van der Waals surface area contributed by atoms with Crippen LogP contribution in [-0.2, 0) is 9.26 Å². The van der Waals surface area contributed by atoms with E-state index in [1.807, 2.05) is 12.1 Å². The Kier molecular flexibility index (Phi) is 7.85. The van der Waals surface area contributed by atoms with E-state index in [1.54, 1.807) is 44.6 Å². The molecule has 2 rings (SSSR count). The minimum absolute atomic E-state index is 0.185. The predicted molar refractivity (Wildman–Crippen MR) is 101 cm³/mol. The molecule has 0 radical (unpaired) electrons. The lowest BCUT2D eigenvalue weighted by molar-refractivity contribution is 0.105. The zero-order valence-corrected chi connectivity index (χ0v) is 16.2. The third kappa shape index (κ3) is 4.73. The molecule has 0 aliphatic rings. The molecular weight excluding hydrogens is 355 g/mol. The molecule has 1 atom stereocenters. The van der Waals surface area contributed by atoms with Crippen LogP contribution in [0.2, 0.25) is 0 Å². The van der Waals surface area contributed by atoms with E-state index < -0.39 is 8.15 Å². The van der Waals surface area contributed by atoms with Crippen molar-refractivity contribution in [3.63, 3.8) is 0 Å². The van der Waals surface area contributed by atoms with Gasteiger partial charge < -0.3 is 23.5 Å². The van der Waals surface area contributed by atoms with Gasteiger partial charge in [-0.1, -0.05) is 6.07 Å². The molecule has 0 saturated carbocycles. The lowest BCUT2D eigenvalue weighted by atomic mass is 10.2. The van der Waals surface area contributed by atoms with Gasteiger partial charge in [0.2, 0.25) is 5.52 Å². The second-order valence-electron chi connectivity index (χ2n) is 5.16. The van der Waals surface area contributed by atoms with Gasteiger partial charge in [0.1, 0.15) is 31.0 Å². The first-order chi connectivity index (χ1) is 12.7. The van der Waals surface area contributed by atoms with Gasteiger partial charge >= 0.3 is 0 Å². The summed E-state index contributed by atoms with van der Waals surface area (Å²) in [6, 6.07) is 12.5. The van der Waals surface area contributed by atoms with E-state index in [0.717, 1.165) is 5.30 Å². The molecule has 0 aromatic heterocycles. The minimum Gasteiger partial charge on any atom is -0.497 e. The molecule has 0 saturated heterocycles. The number of hydrogen-bond acceptors (Lipinski definition) is 6. The van der Waals surface area contributed by atoms with E-state index in [0.29, 0.717) is 36.0 Å². The smallest absolute Gasteiger partial charge is 0.223 e. The van der Waals surface area contributed by atoms with Crippen molar-refractivity contribution in [2.45, 2.75) is 0 Å². The summed E-state index contributed by atoms with van der Waals surface area (Å²) in [5.74, 6) is 1.61. The number of rotatable bonds is 10. The average molecular weight is 378 g/mol. The van der Waals surface area contributed by atoms with Gasteiger partial charge in [-0.15, -0.1) is 0 Å². The van der Waals surface area contributed by atoms with E-state index >= 15 is 0 Å². The van der Waals surface area contributed by atoms with Crippen LogP contribution in [0.1, 0.15) is 10.4 Å². The highest BCUT2D eigenvalue weighted by Crippen LogP contribution is 2.45. The normalized spacial score (nSPS) is 11.7. The van der Waals surface area contributed by atoms with Crippen molar-refractivity contribution in [1.29, 1.82) is 0 Å². The number of benzene rings is 2. The molecule has 0 aliphatic carbocycles. The molecule has 26 heavy (non-hydrogen) atoms. The number of carbonyl (C=O) groups is 1. The van der Waals surface area contributed by atoms with Crippen LogP contribution in [0.15, 0.2) is 42.5 Å². The Balaban J connectivity index is 2.42. The molecular formula is C19H23O6P. The third-order valence-corrected chi connectivity index (χ3v) is 5.44. The molecule has 0 bridgehead atoms. The highest BCUT2D eigenvalue weighted by Gasteiger charge is 2.29. The van der Waals surface area contributed by atoms with Crippen molar-refractivity contribution >= 4 is 19.0 Å². The van der Waals surface area contributed by atoms with Gasteiger partial charge in [-0.3, -0.25) is 4.79 Å². The van der Waals surface area contributed by atoms with Gasteiger partial charge in [-0.25, -0.2) is 0 Å². The third-order valence-electron chi connectivity index (χ3n) is 3.64. The summed E-state index contributed by atoms with van der Waals surface area (Å²) in [5.41, 5.74) is 0.187. The van der Waals surface area contributed by atoms with Crippen molar-refractivity contribution in [2.75, 3.05) is 41.7 Å². The Hall–Kier alpha value is -2.14. The fourth-order valence-corrected chi connectivity index (χ4v) is 3.94. The predicted octanol–water partition coefficient (Wildman–Crippen LogP) is 3.24. The first-order valence-corrected chi connectivity index (χ1v) is 9.23. The fourth-order valence-electron chi connectivity index (χ4n) is 2.34. The number of hydrogen-bond donors (Lipinski definition) is 0. The van der Waals surface area contributed by atoms with Crippen LogP contribution in [0.4, 0.5) is 0 Å². The number of methoxy groups -OCH3 is 4. The molecule has 0 aliphatic heterocycles. The first kappa shape index (κ1) is 20.2. The Morgan fingerprint density at radius 1 is 0.846 bits per heavy atom. The van der Waals surface area contributed by atoms with E-state index in [4.69, 9.17) is 23.5 Å². The monoisotopic (exact) mass is 378 g/mol. The van der Waals surface area contributed by atoms with Crippen molar-refractivity contribution in [3.05, 3.63) is 48.0 Å². The molecule has 2 aromatic rings. The summed E-state index contributed by atoms with van der Waals surface area (Å²) in [7, 11) is 4.62. The van der Waals surface area contributed by atoms with Gasteiger partial charge in [0.05, 0.1) is 34.5 Å². The molecule has 6 nitrogen and oxygen atoms in total. The summed E-state index contributed by atoms with van der Waals surface area (Å²) < 4.78 is 26.9. The van der Waals surface area contributed by atoms with E-state index in [9.17, 15) is 4.79 Å². The fraction of sp³-hybridized carbons (Fsp3) is 0.316. The van der Waals surface area contributed by atoms with E-state index in [1.165, 1.54) is 14.2 Å². The van der Waals surface area contributed by atoms with E-state index in [2.05, 4.69) is 0 Å². The Morgan fingerprint density at radius 2 is 1.46 bits per heavy atom. The summed E-state index contributed by atoms with van der Waals surface area (Å²) in [5, 5.41) is 0.773.